The van der Waals surface area contributed by atoms with Gasteiger partial charge in [0.15, 0.2) is 6.61 Å². The first-order chi connectivity index (χ1) is 11.0. The molecule has 8 heteroatoms. The Morgan fingerprint density at radius 2 is 2.13 bits per heavy atom. The zero-order chi connectivity index (χ0) is 16.3. The van der Waals surface area contributed by atoms with Gasteiger partial charge < -0.3 is 14.5 Å². The number of alkyl halides is 2. The zero-order valence-corrected chi connectivity index (χ0v) is 13.0. The van der Waals surface area contributed by atoms with Crippen molar-refractivity contribution in [3.05, 3.63) is 35.6 Å². The molecule has 0 amide bonds. The number of nitrogens with zero attached hydrogens (tertiary/aromatic N) is 2. The van der Waals surface area contributed by atoms with Gasteiger partial charge in [0.1, 0.15) is 23.0 Å². The number of aromatic nitrogens is 2. The molecule has 1 saturated carbocycles. The molecule has 2 heterocycles. The van der Waals surface area contributed by atoms with Gasteiger partial charge in [-0.2, -0.15) is 0 Å². The molecule has 1 aliphatic carbocycles. The van der Waals surface area contributed by atoms with Crippen LogP contribution in [-0.2, 0) is 6.61 Å². The number of anilines is 1. The monoisotopic (exact) mass is 343 g/mol. The Morgan fingerprint density at radius 1 is 1.35 bits per heavy atom. The largest absolute Gasteiger partial charge is 0.484 e. The van der Waals surface area contributed by atoms with Gasteiger partial charge >= 0.3 is 0 Å². The quantitative estimate of drug-likeness (QED) is 0.820. The van der Waals surface area contributed by atoms with Crippen molar-refractivity contribution in [2.45, 2.75) is 44.3 Å². The summed E-state index contributed by atoms with van der Waals surface area (Å²) in [6.45, 7) is 0.169. The summed E-state index contributed by atoms with van der Waals surface area (Å²) >= 11 is 5.98. The fourth-order valence-corrected chi connectivity index (χ4v) is 2.69. The third kappa shape index (κ3) is 4.54. The maximum Gasteiger partial charge on any atom is 0.248 e. The molecule has 3 rings (SSSR count). The van der Waals surface area contributed by atoms with Gasteiger partial charge in [-0.05, 0) is 12.8 Å². The Labute approximate surface area is 137 Å². The van der Waals surface area contributed by atoms with Gasteiger partial charge in [-0.3, -0.25) is 0 Å². The van der Waals surface area contributed by atoms with Gasteiger partial charge in [-0.1, -0.05) is 11.6 Å². The van der Waals surface area contributed by atoms with Gasteiger partial charge in [0, 0.05) is 31.0 Å². The molecule has 0 atom stereocenters. The molecule has 2 aromatic rings. The predicted molar refractivity (Wildman–Crippen MR) is 80.9 cm³/mol. The summed E-state index contributed by atoms with van der Waals surface area (Å²) in [6.07, 6.45) is 3.56. The van der Waals surface area contributed by atoms with E-state index < -0.39 is 5.92 Å². The number of hydrogen-bond donors (Lipinski definition) is 1. The predicted octanol–water partition coefficient (Wildman–Crippen LogP) is 4.29. The van der Waals surface area contributed by atoms with E-state index >= 15 is 0 Å². The van der Waals surface area contributed by atoms with Crippen molar-refractivity contribution in [1.82, 2.24) is 9.97 Å². The second kappa shape index (κ2) is 6.70. The summed E-state index contributed by atoms with van der Waals surface area (Å²) in [4.78, 5) is 8.11. The van der Waals surface area contributed by atoms with Gasteiger partial charge in [-0.25, -0.2) is 18.7 Å². The highest BCUT2D eigenvalue weighted by Gasteiger charge is 2.34. The van der Waals surface area contributed by atoms with Crippen LogP contribution in [0.3, 0.4) is 0 Å². The van der Waals surface area contributed by atoms with Gasteiger partial charge in [0.05, 0.1) is 6.20 Å². The zero-order valence-electron chi connectivity index (χ0n) is 12.3. The molecule has 0 unspecified atom stereocenters. The number of rotatable bonds is 5. The van der Waals surface area contributed by atoms with E-state index in [4.69, 9.17) is 20.8 Å². The Kier molecular flexibility index (Phi) is 4.66. The van der Waals surface area contributed by atoms with Crippen molar-refractivity contribution < 1.29 is 17.9 Å². The molecule has 1 fully saturated rings. The molecule has 0 aromatic carbocycles. The van der Waals surface area contributed by atoms with Crippen LogP contribution in [-0.4, -0.2) is 21.9 Å². The van der Waals surface area contributed by atoms with Crippen LogP contribution in [0.1, 0.15) is 31.6 Å². The second-order valence-electron chi connectivity index (χ2n) is 5.50. The first kappa shape index (κ1) is 16.0. The van der Waals surface area contributed by atoms with Crippen LogP contribution in [0.5, 0.6) is 5.75 Å². The summed E-state index contributed by atoms with van der Waals surface area (Å²) < 4.78 is 37.0. The number of hydrogen-bond acceptors (Lipinski definition) is 5. The molecule has 0 spiro atoms. The molecular weight excluding hydrogens is 328 g/mol. The van der Waals surface area contributed by atoms with Crippen LogP contribution < -0.4 is 10.1 Å². The van der Waals surface area contributed by atoms with Gasteiger partial charge in [0.2, 0.25) is 11.8 Å². The standard InChI is InChI=1S/C15H16ClF2N3O2/c16-12-7-11(23-9-14-19-5-6-22-14)8-13(21-12)20-10-1-3-15(17,18)4-2-10/h5-8,10H,1-4,9H2,(H,20,21). The Hall–Kier alpha value is -1.89. The molecule has 0 radical (unpaired) electrons. The summed E-state index contributed by atoms with van der Waals surface area (Å²) in [5.74, 6) is -1.09. The van der Waals surface area contributed by atoms with E-state index in [2.05, 4.69) is 15.3 Å². The van der Waals surface area contributed by atoms with E-state index in [-0.39, 0.29) is 30.6 Å². The first-order valence-electron chi connectivity index (χ1n) is 7.33. The molecule has 2 aromatic heterocycles. The van der Waals surface area contributed by atoms with Crippen molar-refractivity contribution in [2.75, 3.05) is 5.32 Å². The molecule has 1 aliphatic rings. The van der Waals surface area contributed by atoms with Crippen LogP contribution in [0.15, 0.2) is 29.0 Å². The average molecular weight is 344 g/mol. The Bertz CT molecular complexity index is 642. The summed E-state index contributed by atoms with van der Waals surface area (Å²) in [5, 5.41) is 3.41. The average Bonchev–Trinajstić information content (AvgIpc) is 3.00. The lowest BCUT2D eigenvalue weighted by atomic mass is 9.92. The lowest BCUT2D eigenvalue weighted by molar-refractivity contribution is -0.0361. The van der Waals surface area contributed by atoms with E-state index in [1.54, 1.807) is 12.1 Å². The number of oxazole rings is 1. The molecule has 0 aliphatic heterocycles. The SMILES string of the molecule is FC1(F)CCC(Nc2cc(OCc3ncco3)cc(Cl)n2)CC1. The van der Waals surface area contributed by atoms with E-state index in [1.807, 2.05) is 0 Å². The lowest BCUT2D eigenvalue weighted by Crippen LogP contribution is -2.32. The molecule has 1 N–H and O–H groups in total. The lowest BCUT2D eigenvalue weighted by Gasteiger charge is -2.29. The molecule has 23 heavy (non-hydrogen) atoms. The third-order valence-electron chi connectivity index (χ3n) is 3.68. The minimum Gasteiger partial charge on any atom is -0.484 e. The van der Waals surface area contributed by atoms with Crippen molar-refractivity contribution in [1.29, 1.82) is 0 Å². The molecule has 5 nitrogen and oxygen atoms in total. The van der Waals surface area contributed by atoms with Crippen LogP contribution in [0.2, 0.25) is 5.15 Å². The number of pyridine rings is 1. The normalized spacial score (nSPS) is 17.9. The first-order valence-corrected chi connectivity index (χ1v) is 7.71. The molecular formula is C15H16ClF2N3O2. The van der Waals surface area contributed by atoms with Crippen LogP contribution >= 0.6 is 11.6 Å². The van der Waals surface area contributed by atoms with Crippen molar-refractivity contribution in [2.24, 2.45) is 0 Å². The topological polar surface area (TPSA) is 60.2 Å². The van der Waals surface area contributed by atoms with E-state index in [9.17, 15) is 8.78 Å². The highest BCUT2D eigenvalue weighted by molar-refractivity contribution is 6.29. The Morgan fingerprint density at radius 3 is 2.83 bits per heavy atom. The van der Waals surface area contributed by atoms with Crippen molar-refractivity contribution in [3.63, 3.8) is 0 Å². The molecule has 0 bridgehead atoms. The van der Waals surface area contributed by atoms with E-state index in [1.165, 1.54) is 12.5 Å². The minimum absolute atomic E-state index is 0.0415. The van der Waals surface area contributed by atoms with Crippen LogP contribution in [0, 0.1) is 0 Å². The van der Waals surface area contributed by atoms with Crippen molar-refractivity contribution >= 4 is 17.4 Å². The fourth-order valence-electron chi connectivity index (χ4n) is 2.49. The number of ether oxygens (including phenoxy) is 1. The van der Waals surface area contributed by atoms with Gasteiger partial charge in [-0.15, -0.1) is 0 Å². The minimum atomic E-state index is -2.55. The van der Waals surface area contributed by atoms with E-state index in [0.29, 0.717) is 30.3 Å². The third-order valence-corrected chi connectivity index (χ3v) is 3.88. The van der Waals surface area contributed by atoms with Crippen molar-refractivity contribution in [3.8, 4) is 5.75 Å². The summed E-state index contributed by atoms with van der Waals surface area (Å²) in [7, 11) is 0. The summed E-state index contributed by atoms with van der Waals surface area (Å²) in [5.41, 5.74) is 0. The highest BCUT2D eigenvalue weighted by atomic mass is 35.5. The van der Waals surface area contributed by atoms with Crippen LogP contribution in [0.25, 0.3) is 0 Å². The van der Waals surface area contributed by atoms with Gasteiger partial charge in [0.25, 0.3) is 0 Å². The smallest absolute Gasteiger partial charge is 0.248 e. The van der Waals surface area contributed by atoms with E-state index in [0.717, 1.165) is 0 Å². The maximum absolute atomic E-state index is 13.2. The Balaban J connectivity index is 1.61. The highest BCUT2D eigenvalue weighted by Crippen LogP contribution is 2.34. The second-order valence-corrected chi connectivity index (χ2v) is 5.89. The summed E-state index contributed by atoms with van der Waals surface area (Å²) in [6, 6.07) is 3.21. The fraction of sp³-hybridized carbons (Fsp3) is 0.467. The number of nitrogens with one attached hydrogen (secondary N) is 1. The molecule has 124 valence electrons. The maximum atomic E-state index is 13.2. The number of halogens is 3. The molecule has 0 saturated heterocycles. The van der Waals surface area contributed by atoms with Crippen LogP contribution in [0.4, 0.5) is 14.6 Å².